The van der Waals surface area contributed by atoms with Crippen molar-refractivity contribution in [3.63, 3.8) is 0 Å². The Balaban J connectivity index is 2.53. The van der Waals surface area contributed by atoms with E-state index in [4.69, 9.17) is 16.9 Å². The largest absolute Gasteiger partial charge is 0.417 e. The fourth-order valence-corrected chi connectivity index (χ4v) is 3.13. The average Bonchev–Trinajstić information content (AvgIpc) is 2.51. The Hall–Kier alpha value is -2.04. The van der Waals surface area contributed by atoms with E-state index in [2.05, 4.69) is 21.2 Å². The van der Waals surface area contributed by atoms with Crippen molar-refractivity contribution in [2.45, 2.75) is 6.18 Å². The van der Waals surface area contributed by atoms with Crippen molar-refractivity contribution < 1.29 is 18.0 Å². The zero-order valence-corrected chi connectivity index (χ0v) is 14.3. The molecule has 0 spiro atoms. The summed E-state index contributed by atoms with van der Waals surface area (Å²) in [6, 6.07) is 9.90. The van der Waals surface area contributed by atoms with Crippen LogP contribution in [0.2, 0.25) is 5.02 Å². The van der Waals surface area contributed by atoms with E-state index in [-0.39, 0.29) is 17.7 Å². The van der Waals surface area contributed by atoms with Gasteiger partial charge in [-0.2, -0.15) is 18.4 Å². The van der Waals surface area contributed by atoms with E-state index in [9.17, 15) is 18.0 Å². The van der Waals surface area contributed by atoms with Gasteiger partial charge in [0.25, 0.3) is 5.91 Å². The van der Waals surface area contributed by atoms with Crippen LogP contribution in [0.15, 0.2) is 40.9 Å². The lowest BCUT2D eigenvalue weighted by Gasteiger charge is -2.15. The molecule has 0 fully saturated rings. The molecule has 0 atom stereocenters. The van der Waals surface area contributed by atoms with Gasteiger partial charge in [-0.3, -0.25) is 4.79 Å². The van der Waals surface area contributed by atoms with E-state index in [0.717, 1.165) is 6.07 Å². The van der Waals surface area contributed by atoms with Crippen LogP contribution in [0, 0.1) is 11.3 Å². The highest BCUT2D eigenvalue weighted by Crippen LogP contribution is 2.43. The second kappa shape index (κ2) is 7.24. The third kappa shape index (κ3) is 3.89. The van der Waals surface area contributed by atoms with E-state index in [1.807, 2.05) is 0 Å². The Bertz CT molecular complexity index is 831. The molecule has 0 aromatic heterocycles. The van der Waals surface area contributed by atoms with Gasteiger partial charge in [-0.05, 0) is 29.8 Å². The van der Waals surface area contributed by atoms with E-state index in [1.165, 1.54) is 24.3 Å². The van der Waals surface area contributed by atoms with Gasteiger partial charge in [-0.1, -0.05) is 39.7 Å². The molecule has 0 heterocycles. The minimum Gasteiger partial charge on any atom is -0.339 e. The number of halogens is 5. The maximum atomic E-state index is 13.0. The summed E-state index contributed by atoms with van der Waals surface area (Å²) < 4.78 is 39.5. The SMILES string of the molecule is N#CCNC(=O)c1cccc(-c2c(Br)ccc(C(F)(F)F)c2Cl)c1. The molecule has 2 aromatic rings. The monoisotopic (exact) mass is 416 g/mol. The van der Waals surface area contributed by atoms with Crippen LogP contribution in [0.1, 0.15) is 15.9 Å². The van der Waals surface area contributed by atoms with Gasteiger partial charge in [0.15, 0.2) is 0 Å². The van der Waals surface area contributed by atoms with Crippen LogP contribution >= 0.6 is 27.5 Å². The maximum Gasteiger partial charge on any atom is 0.417 e. The van der Waals surface area contributed by atoms with Crippen molar-refractivity contribution in [2.75, 3.05) is 6.54 Å². The molecule has 0 aliphatic rings. The zero-order chi connectivity index (χ0) is 17.9. The van der Waals surface area contributed by atoms with Gasteiger partial charge in [0.1, 0.15) is 6.54 Å². The maximum absolute atomic E-state index is 13.0. The van der Waals surface area contributed by atoms with Crippen molar-refractivity contribution in [1.29, 1.82) is 5.26 Å². The number of hydrogen-bond acceptors (Lipinski definition) is 2. The predicted molar refractivity (Wildman–Crippen MR) is 87.5 cm³/mol. The molecule has 3 nitrogen and oxygen atoms in total. The van der Waals surface area contributed by atoms with Crippen LogP contribution in [-0.4, -0.2) is 12.5 Å². The molecule has 24 heavy (non-hydrogen) atoms. The number of nitriles is 1. The van der Waals surface area contributed by atoms with E-state index < -0.39 is 22.7 Å². The molecule has 124 valence electrons. The molecule has 1 amide bonds. The smallest absolute Gasteiger partial charge is 0.339 e. The second-order valence-corrected chi connectivity index (χ2v) is 5.94. The Morgan fingerprint density at radius 2 is 2.00 bits per heavy atom. The summed E-state index contributed by atoms with van der Waals surface area (Å²) >= 11 is 9.15. The predicted octanol–water partition coefficient (Wildman–Crippen LogP) is 5.04. The number of nitrogens with one attached hydrogen (secondary N) is 1. The van der Waals surface area contributed by atoms with Crippen molar-refractivity contribution in [1.82, 2.24) is 5.32 Å². The third-order valence-electron chi connectivity index (χ3n) is 3.14. The summed E-state index contributed by atoms with van der Waals surface area (Å²) in [6.07, 6.45) is -4.59. The molecule has 1 N–H and O–H groups in total. The normalized spacial score (nSPS) is 11.0. The quantitative estimate of drug-likeness (QED) is 0.711. The van der Waals surface area contributed by atoms with Crippen LogP contribution in [-0.2, 0) is 6.18 Å². The highest BCUT2D eigenvalue weighted by molar-refractivity contribution is 9.10. The zero-order valence-electron chi connectivity index (χ0n) is 11.9. The number of hydrogen-bond donors (Lipinski definition) is 1. The first kappa shape index (κ1) is 18.3. The fraction of sp³-hybridized carbons (Fsp3) is 0.125. The number of nitrogens with zero attached hydrogens (tertiary/aromatic N) is 1. The van der Waals surface area contributed by atoms with Crippen molar-refractivity contribution in [3.05, 3.63) is 57.0 Å². The number of benzene rings is 2. The highest BCUT2D eigenvalue weighted by atomic mass is 79.9. The molecule has 0 saturated carbocycles. The van der Waals surface area contributed by atoms with Gasteiger partial charge in [0, 0.05) is 15.6 Å². The first-order valence-electron chi connectivity index (χ1n) is 6.56. The van der Waals surface area contributed by atoms with Crippen LogP contribution in [0.3, 0.4) is 0 Å². The van der Waals surface area contributed by atoms with Crippen molar-refractivity contribution in [2.24, 2.45) is 0 Å². The van der Waals surface area contributed by atoms with Crippen molar-refractivity contribution in [3.8, 4) is 17.2 Å². The highest BCUT2D eigenvalue weighted by Gasteiger charge is 2.34. The Morgan fingerprint density at radius 1 is 1.29 bits per heavy atom. The first-order valence-corrected chi connectivity index (χ1v) is 7.73. The minimum atomic E-state index is -4.59. The molecule has 2 rings (SSSR count). The van der Waals surface area contributed by atoms with Gasteiger partial charge in [0.05, 0.1) is 16.7 Å². The molecule has 8 heteroatoms. The lowest BCUT2D eigenvalue weighted by Crippen LogP contribution is -2.23. The summed E-state index contributed by atoms with van der Waals surface area (Å²) in [5.41, 5.74) is -0.256. The molecule has 0 unspecified atom stereocenters. The van der Waals surface area contributed by atoms with Gasteiger partial charge in [0.2, 0.25) is 0 Å². The van der Waals surface area contributed by atoms with E-state index in [1.54, 1.807) is 12.1 Å². The number of rotatable bonds is 3. The molecule has 0 radical (unpaired) electrons. The second-order valence-electron chi connectivity index (χ2n) is 4.70. The molecule has 0 bridgehead atoms. The number of carbonyl (C=O) groups excluding carboxylic acids is 1. The van der Waals surface area contributed by atoms with E-state index >= 15 is 0 Å². The van der Waals surface area contributed by atoms with Gasteiger partial charge in [-0.25, -0.2) is 0 Å². The topological polar surface area (TPSA) is 52.9 Å². The number of amides is 1. The number of alkyl halides is 3. The summed E-state index contributed by atoms with van der Waals surface area (Å²) in [7, 11) is 0. The fourth-order valence-electron chi connectivity index (χ4n) is 2.07. The lowest BCUT2D eigenvalue weighted by molar-refractivity contribution is -0.137. The standard InChI is InChI=1S/C16H9BrClF3N2O/c17-12-5-4-11(16(19,20)21)14(18)13(12)9-2-1-3-10(8-9)15(24)23-7-6-22/h1-5,8H,7H2,(H,23,24). The van der Waals surface area contributed by atoms with Crippen LogP contribution in [0.25, 0.3) is 11.1 Å². The van der Waals surface area contributed by atoms with Crippen LogP contribution in [0.5, 0.6) is 0 Å². The minimum absolute atomic E-state index is 0.140. The Labute approximate surface area is 149 Å². The summed E-state index contributed by atoms with van der Waals surface area (Å²) in [4.78, 5) is 11.9. The molecule has 2 aromatic carbocycles. The molecular weight excluding hydrogens is 409 g/mol. The lowest BCUT2D eigenvalue weighted by atomic mass is 10.0. The van der Waals surface area contributed by atoms with Crippen LogP contribution < -0.4 is 5.32 Å². The van der Waals surface area contributed by atoms with Crippen LogP contribution in [0.4, 0.5) is 13.2 Å². The first-order chi connectivity index (χ1) is 11.3. The van der Waals surface area contributed by atoms with Gasteiger partial charge < -0.3 is 5.32 Å². The molecule has 0 aliphatic carbocycles. The van der Waals surface area contributed by atoms with Crippen molar-refractivity contribution >= 4 is 33.4 Å². The molecule has 0 aliphatic heterocycles. The van der Waals surface area contributed by atoms with Gasteiger partial charge >= 0.3 is 6.18 Å². The summed E-state index contributed by atoms with van der Waals surface area (Å²) in [5.74, 6) is -0.502. The summed E-state index contributed by atoms with van der Waals surface area (Å²) in [6.45, 7) is -0.170. The Kier molecular flexibility index (Phi) is 5.52. The Morgan fingerprint density at radius 3 is 2.62 bits per heavy atom. The third-order valence-corrected chi connectivity index (χ3v) is 4.19. The van der Waals surface area contributed by atoms with Gasteiger partial charge in [-0.15, -0.1) is 0 Å². The van der Waals surface area contributed by atoms with E-state index in [0.29, 0.717) is 10.0 Å². The molecular formula is C16H9BrClF3N2O. The number of carbonyl (C=O) groups is 1. The summed E-state index contributed by atoms with van der Waals surface area (Å²) in [5, 5.41) is 10.4. The average molecular weight is 418 g/mol. The molecule has 0 saturated heterocycles.